The molecule has 1 aliphatic carbocycles. The minimum Gasteiger partial charge on any atom is -0.370 e. The molecule has 4 heteroatoms. The van der Waals surface area contributed by atoms with Gasteiger partial charge in [0.2, 0.25) is 0 Å². The van der Waals surface area contributed by atoms with Crippen molar-refractivity contribution in [2.24, 2.45) is 0 Å². The molecule has 1 saturated heterocycles. The highest BCUT2D eigenvalue weighted by Gasteiger charge is 2.30. The first-order valence-corrected chi connectivity index (χ1v) is 8.06. The zero-order valence-corrected chi connectivity index (χ0v) is 13.2. The number of carbonyl (C=O) groups is 1. The molecule has 1 fully saturated rings. The van der Waals surface area contributed by atoms with Gasteiger partial charge in [0.05, 0.1) is 5.56 Å². The van der Waals surface area contributed by atoms with Crippen LogP contribution in [-0.2, 0) is 0 Å². The van der Waals surface area contributed by atoms with Crippen LogP contribution < -0.4 is 4.90 Å². The van der Waals surface area contributed by atoms with Crippen LogP contribution in [0.4, 0.5) is 10.1 Å². The Balaban J connectivity index is 1.72. The molecular weight excluding hydrogens is 291 g/mol. The highest BCUT2D eigenvalue weighted by atomic mass is 19.1. The Morgan fingerprint density at radius 1 is 0.957 bits per heavy atom. The molecule has 2 aromatic rings. The van der Waals surface area contributed by atoms with Gasteiger partial charge in [0.25, 0.3) is 0 Å². The molecule has 0 radical (unpaired) electrons. The van der Waals surface area contributed by atoms with Crippen molar-refractivity contribution in [2.45, 2.75) is 6.42 Å². The molecule has 23 heavy (non-hydrogen) atoms. The van der Waals surface area contributed by atoms with Gasteiger partial charge in [-0.2, -0.15) is 0 Å². The summed E-state index contributed by atoms with van der Waals surface area (Å²) in [6.07, 6.45) is 1.11. The first-order valence-electron chi connectivity index (χ1n) is 8.06. The topological polar surface area (TPSA) is 23.6 Å². The lowest BCUT2D eigenvalue weighted by atomic mass is 10.0. The normalized spacial score (nSPS) is 17.8. The van der Waals surface area contributed by atoms with E-state index in [-0.39, 0.29) is 11.3 Å². The van der Waals surface area contributed by atoms with Gasteiger partial charge in [-0.15, -0.1) is 0 Å². The maximum absolute atomic E-state index is 14.0. The van der Waals surface area contributed by atoms with Crippen LogP contribution in [0.25, 0.3) is 11.1 Å². The lowest BCUT2D eigenvalue weighted by molar-refractivity contribution is 0.104. The summed E-state index contributed by atoms with van der Waals surface area (Å²) in [4.78, 5) is 17.2. The maximum Gasteiger partial charge on any atom is 0.197 e. The quantitative estimate of drug-likeness (QED) is 0.690. The maximum atomic E-state index is 14.0. The molecule has 3 nitrogen and oxygen atoms in total. The molecular formula is C19H19FN2O. The fourth-order valence-electron chi connectivity index (χ4n) is 3.57. The molecule has 0 saturated carbocycles. The number of rotatable bonds is 1. The van der Waals surface area contributed by atoms with Crippen molar-refractivity contribution in [1.82, 2.24) is 4.90 Å². The van der Waals surface area contributed by atoms with E-state index in [0.717, 1.165) is 43.9 Å². The monoisotopic (exact) mass is 310 g/mol. The van der Waals surface area contributed by atoms with Gasteiger partial charge in [0.15, 0.2) is 5.78 Å². The highest BCUT2D eigenvalue weighted by Crippen LogP contribution is 2.39. The molecule has 1 aliphatic heterocycles. The van der Waals surface area contributed by atoms with E-state index >= 15 is 0 Å². The molecule has 0 amide bonds. The standard InChI is InChI=1S/C19H19FN2O/c1-21-8-3-9-22(11-10-21)13-6-7-14-15-4-2-5-17(20)18(15)19(23)16(14)12-13/h2,4-7,12H,3,8-11H2,1H3. The number of likely N-dealkylation sites (N-methyl/N-ethyl adjacent to an activating group) is 1. The number of hydrogen-bond acceptors (Lipinski definition) is 3. The van der Waals surface area contributed by atoms with Crippen LogP contribution in [0.15, 0.2) is 36.4 Å². The molecule has 0 atom stereocenters. The Bertz CT molecular complexity index is 787. The van der Waals surface area contributed by atoms with Crippen molar-refractivity contribution in [2.75, 3.05) is 38.1 Å². The number of ketones is 1. The van der Waals surface area contributed by atoms with Gasteiger partial charge in [-0.1, -0.05) is 18.2 Å². The number of halogens is 1. The van der Waals surface area contributed by atoms with Gasteiger partial charge < -0.3 is 9.80 Å². The second-order valence-electron chi connectivity index (χ2n) is 6.37. The van der Waals surface area contributed by atoms with Crippen LogP contribution in [0, 0.1) is 5.82 Å². The summed E-state index contributed by atoms with van der Waals surface area (Å²) in [6.45, 7) is 4.04. The zero-order chi connectivity index (χ0) is 16.0. The van der Waals surface area contributed by atoms with Crippen LogP contribution in [0.3, 0.4) is 0 Å². The highest BCUT2D eigenvalue weighted by molar-refractivity contribution is 6.22. The van der Waals surface area contributed by atoms with E-state index in [0.29, 0.717) is 11.1 Å². The minimum atomic E-state index is -0.429. The van der Waals surface area contributed by atoms with Crippen molar-refractivity contribution in [3.63, 3.8) is 0 Å². The Hall–Kier alpha value is -2.20. The first kappa shape index (κ1) is 14.4. The van der Waals surface area contributed by atoms with E-state index in [1.165, 1.54) is 6.07 Å². The number of hydrogen-bond donors (Lipinski definition) is 0. The van der Waals surface area contributed by atoms with Crippen molar-refractivity contribution < 1.29 is 9.18 Å². The number of carbonyl (C=O) groups excluding carboxylic acids is 1. The lowest BCUT2D eigenvalue weighted by Crippen LogP contribution is -2.28. The average molecular weight is 310 g/mol. The third-order valence-corrected chi connectivity index (χ3v) is 4.86. The Morgan fingerprint density at radius 2 is 1.83 bits per heavy atom. The Morgan fingerprint density at radius 3 is 2.70 bits per heavy atom. The SMILES string of the molecule is CN1CCCN(c2ccc3c(c2)C(=O)c2c(F)cccc2-3)CC1. The van der Waals surface area contributed by atoms with Crippen LogP contribution >= 0.6 is 0 Å². The fraction of sp³-hybridized carbons (Fsp3) is 0.316. The molecule has 0 unspecified atom stereocenters. The summed E-state index contributed by atoms with van der Waals surface area (Å²) in [5.41, 5.74) is 3.46. The largest absolute Gasteiger partial charge is 0.370 e. The van der Waals surface area contributed by atoms with E-state index in [1.807, 2.05) is 18.2 Å². The number of nitrogens with zero attached hydrogens (tertiary/aromatic N) is 2. The Kier molecular flexibility index (Phi) is 3.42. The summed E-state index contributed by atoms with van der Waals surface area (Å²) >= 11 is 0. The molecule has 0 aromatic heterocycles. The molecule has 118 valence electrons. The Labute approximate surface area is 135 Å². The number of fused-ring (bicyclic) bond motifs is 3. The van der Waals surface area contributed by atoms with Crippen LogP contribution in [0.5, 0.6) is 0 Å². The second-order valence-corrected chi connectivity index (χ2v) is 6.37. The second kappa shape index (κ2) is 5.46. The lowest BCUT2D eigenvalue weighted by Gasteiger charge is -2.23. The minimum absolute atomic E-state index is 0.193. The molecule has 1 heterocycles. The van der Waals surface area contributed by atoms with Crippen molar-refractivity contribution >= 4 is 11.5 Å². The van der Waals surface area contributed by atoms with E-state index in [9.17, 15) is 9.18 Å². The van der Waals surface area contributed by atoms with E-state index in [1.54, 1.807) is 6.07 Å². The van der Waals surface area contributed by atoms with Crippen LogP contribution in [-0.4, -0.2) is 43.9 Å². The first-order chi connectivity index (χ1) is 11.1. The fourth-order valence-corrected chi connectivity index (χ4v) is 3.57. The third kappa shape index (κ3) is 2.34. The number of benzene rings is 2. The summed E-state index contributed by atoms with van der Waals surface area (Å²) in [6, 6.07) is 10.8. The number of anilines is 1. The van der Waals surface area contributed by atoms with E-state index < -0.39 is 5.82 Å². The summed E-state index contributed by atoms with van der Waals surface area (Å²) in [7, 11) is 2.13. The van der Waals surface area contributed by atoms with Crippen molar-refractivity contribution in [1.29, 1.82) is 0 Å². The van der Waals surface area contributed by atoms with Crippen LogP contribution in [0.1, 0.15) is 22.3 Å². The van der Waals surface area contributed by atoms with E-state index in [4.69, 9.17) is 0 Å². The van der Waals surface area contributed by atoms with Gasteiger partial charge in [0, 0.05) is 30.9 Å². The molecule has 0 spiro atoms. The summed E-state index contributed by atoms with van der Waals surface area (Å²) < 4.78 is 14.0. The zero-order valence-electron chi connectivity index (χ0n) is 13.2. The smallest absolute Gasteiger partial charge is 0.197 e. The van der Waals surface area contributed by atoms with Gasteiger partial charge in [-0.3, -0.25) is 4.79 Å². The molecule has 0 bridgehead atoms. The van der Waals surface area contributed by atoms with Gasteiger partial charge in [-0.25, -0.2) is 4.39 Å². The van der Waals surface area contributed by atoms with E-state index in [2.05, 4.69) is 22.9 Å². The summed E-state index contributed by atoms with van der Waals surface area (Å²) in [5, 5.41) is 0. The summed E-state index contributed by atoms with van der Waals surface area (Å²) in [5.74, 6) is -0.622. The van der Waals surface area contributed by atoms with Crippen molar-refractivity contribution in [3.8, 4) is 11.1 Å². The predicted molar refractivity (Wildman–Crippen MR) is 89.6 cm³/mol. The van der Waals surface area contributed by atoms with Crippen molar-refractivity contribution in [3.05, 3.63) is 53.3 Å². The molecule has 4 rings (SSSR count). The van der Waals surface area contributed by atoms with Gasteiger partial charge in [-0.05, 0) is 49.3 Å². The predicted octanol–water partition coefficient (Wildman–Crippen LogP) is 3.18. The van der Waals surface area contributed by atoms with Gasteiger partial charge in [0.1, 0.15) is 5.82 Å². The van der Waals surface area contributed by atoms with Gasteiger partial charge >= 0.3 is 0 Å². The molecule has 2 aromatic carbocycles. The molecule has 2 aliphatic rings. The average Bonchev–Trinajstić information content (AvgIpc) is 2.70. The van der Waals surface area contributed by atoms with Crippen LogP contribution in [0.2, 0.25) is 0 Å². The third-order valence-electron chi connectivity index (χ3n) is 4.86. The molecule has 0 N–H and O–H groups in total.